The largest absolute Gasteiger partial charge is 0.494 e. The van der Waals surface area contributed by atoms with E-state index in [1.807, 2.05) is 26.0 Å². The molecule has 0 saturated carbocycles. The number of hydrogen-bond acceptors (Lipinski definition) is 3. The highest BCUT2D eigenvalue weighted by Gasteiger charge is 2.13. The Kier molecular flexibility index (Phi) is 5.01. The van der Waals surface area contributed by atoms with Crippen LogP contribution < -0.4 is 15.4 Å². The van der Waals surface area contributed by atoms with Gasteiger partial charge in [0, 0.05) is 18.2 Å². The highest BCUT2D eigenvalue weighted by Crippen LogP contribution is 2.30. The number of ether oxygens (including phenoxy) is 1. The summed E-state index contributed by atoms with van der Waals surface area (Å²) in [4.78, 5) is 23.6. The quantitative estimate of drug-likeness (QED) is 0.907. The number of carbonyl (C=O) groups excluding carboxylic acids is 2. The van der Waals surface area contributed by atoms with Crippen LogP contribution in [-0.2, 0) is 4.79 Å². The standard InChI is InChI=1S/C18H20N2O3/c1-11-8-12(2)17(23-4)16(9-11)20-18(22)14-6-5-7-15(10-14)19-13(3)21/h5-10H,1-4H3,(H,19,21)(H,20,22). The van der Waals surface area contributed by atoms with Crippen LogP contribution in [0, 0.1) is 13.8 Å². The van der Waals surface area contributed by atoms with Crippen LogP contribution in [0.1, 0.15) is 28.4 Å². The number of methoxy groups -OCH3 is 1. The average molecular weight is 312 g/mol. The number of carbonyl (C=O) groups is 2. The van der Waals surface area contributed by atoms with Crippen molar-refractivity contribution < 1.29 is 14.3 Å². The maximum atomic E-state index is 12.5. The summed E-state index contributed by atoms with van der Waals surface area (Å²) in [6, 6.07) is 10.6. The highest BCUT2D eigenvalue weighted by molar-refractivity contribution is 6.06. The Labute approximate surface area is 135 Å². The average Bonchev–Trinajstić information content (AvgIpc) is 2.46. The maximum Gasteiger partial charge on any atom is 0.255 e. The molecule has 2 N–H and O–H groups in total. The van der Waals surface area contributed by atoms with E-state index in [0.29, 0.717) is 22.7 Å². The molecule has 0 spiro atoms. The van der Waals surface area contributed by atoms with Gasteiger partial charge in [0.1, 0.15) is 5.75 Å². The van der Waals surface area contributed by atoms with Gasteiger partial charge in [0.25, 0.3) is 5.91 Å². The normalized spacial score (nSPS) is 10.1. The third kappa shape index (κ3) is 4.10. The molecule has 0 atom stereocenters. The van der Waals surface area contributed by atoms with Crippen molar-refractivity contribution in [2.24, 2.45) is 0 Å². The van der Waals surface area contributed by atoms with Gasteiger partial charge < -0.3 is 15.4 Å². The molecule has 2 rings (SSSR count). The number of hydrogen-bond donors (Lipinski definition) is 2. The van der Waals surface area contributed by atoms with E-state index in [0.717, 1.165) is 11.1 Å². The lowest BCUT2D eigenvalue weighted by atomic mass is 10.1. The molecule has 2 aromatic rings. The van der Waals surface area contributed by atoms with Gasteiger partial charge in [-0.1, -0.05) is 12.1 Å². The zero-order valence-electron chi connectivity index (χ0n) is 13.7. The van der Waals surface area contributed by atoms with E-state index in [-0.39, 0.29) is 11.8 Å². The van der Waals surface area contributed by atoms with E-state index in [4.69, 9.17) is 4.74 Å². The predicted molar refractivity (Wildman–Crippen MR) is 91.2 cm³/mol. The number of benzene rings is 2. The van der Waals surface area contributed by atoms with Gasteiger partial charge >= 0.3 is 0 Å². The van der Waals surface area contributed by atoms with Crippen molar-refractivity contribution in [2.45, 2.75) is 20.8 Å². The van der Waals surface area contributed by atoms with E-state index in [1.54, 1.807) is 31.4 Å². The van der Waals surface area contributed by atoms with E-state index in [9.17, 15) is 9.59 Å². The number of amides is 2. The molecule has 5 heteroatoms. The Hall–Kier alpha value is -2.82. The van der Waals surface area contributed by atoms with Crippen LogP contribution in [0.2, 0.25) is 0 Å². The molecule has 0 unspecified atom stereocenters. The summed E-state index contributed by atoms with van der Waals surface area (Å²) in [7, 11) is 1.57. The third-order valence-corrected chi connectivity index (χ3v) is 3.32. The van der Waals surface area contributed by atoms with Gasteiger partial charge in [-0.2, -0.15) is 0 Å². The van der Waals surface area contributed by atoms with E-state index in [2.05, 4.69) is 10.6 Å². The molecule has 2 aromatic carbocycles. The molecular formula is C18H20N2O3. The second-order valence-corrected chi connectivity index (χ2v) is 5.38. The first-order valence-corrected chi connectivity index (χ1v) is 7.25. The van der Waals surface area contributed by atoms with Crippen molar-refractivity contribution in [3.05, 3.63) is 53.1 Å². The molecule has 0 aliphatic heterocycles. The van der Waals surface area contributed by atoms with Gasteiger partial charge in [-0.05, 0) is 49.2 Å². The van der Waals surface area contributed by atoms with Crippen molar-refractivity contribution in [3.8, 4) is 5.75 Å². The summed E-state index contributed by atoms with van der Waals surface area (Å²) in [6.45, 7) is 5.31. The SMILES string of the molecule is COc1c(C)cc(C)cc1NC(=O)c1cccc(NC(C)=O)c1. The molecule has 0 heterocycles. The van der Waals surface area contributed by atoms with Crippen LogP contribution in [0.5, 0.6) is 5.75 Å². The molecule has 0 bridgehead atoms. The first-order chi connectivity index (χ1) is 10.9. The molecule has 0 fully saturated rings. The van der Waals surface area contributed by atoms with Gasteiger partial charge in [-0.15, -0.1) is 0 Å². The van der Waals surface area contributed by atoms with E-state index >= 15 is 0 Å². The van der Waals surface area contributed by atoms with Gasteiger partial charge in [-0.25, -0.2) is 0 Å². The Balaban J connectivity index is 2.27. The van der Waals surface area contributed by atoms with Crippen molar-refractivity contribution in [3.63, 3.8) is 0 Å². The molecule has 5 nitrogen and oxygen atoms in total. The molecular weight excluding hydrogens is 292 g/mol. The fourth-order valence-electron chi connectivity index (χ4n) is 2.45. The van der Waals surface area contributed by atoms with Gasteiger partial charge in [0.2, 0.25) is 5.91 Å². The fraction of sp³-hybridized carbons (Fsp3) is 0.222. The minimum Gasteiger partial charge on any atom is -0.494 e. The summed E-state index contributed by atoms with van der Waals surface area (Å²) in [5, 5.41) is 5.52. The van der Waals surface area contributed by atoms with Gasteiger partial charge in [0.15, 0.2) is 0 Å². The summed E-state index contributed by atoms with van der Waals surface area (Å²) in [5.74, 6) is 0.195. The molecule has 0 aromatic heterocycles. The summed E-state index contributed by atoms with van der Waals surface area (Å²) >= 11 is 0. The van der Waals surface area contributed by atoms with Crippen molar-refractivity contribution in [2.75, 3.05) is 17.7 Å². The second-order valence-electron chi connectivity index (χ2n) is 5.38. The molecule has 23 heavy (non-hydrogen) atoms. The van der Waals surface area contributed by atoms with Crippen LogP contribution in [0.4, 0.5) is 11.4 Å². The first-order valence-electron chi connectivity index (χ1n) is 7.25. The van der Waals surface area contributed by atoms with Crippen LogP contribution in [0.3, 0.4) is 0 Å². The van der Waals surface area contributed by atoms with Crippen LogP contribution >= 0.6 is 0 Å². The number of rotatable bonds is 4. The third-order valence-electron chi connectivity index (χ3n) is 3.32. The van der Waals surface area contributed by atoms with Crippen molar-refractivity contribution >= 4 is 23.2 Å². The Morgan fingerprint density at radius 1 is 1.04 bits per heavy atom. The Morgan fingerprint density at radius 3 is 2.43 bits per heavy atom. The summed E-state index contributed by atoms with van der Waals surface area (Å²) < 4.78 is 5.37. The number of aryl methyl sites for hydroxylation is 2. The van der Waals surface area contributed by atoms with E-state index in [1.165, 1.54) is 6.92 Å². The van der Waals surface area contributed by atoms with E-state index < -0.39 is 0 Å². The van der Waals surface area contributed by atoms with Crippen LogP contribution in [0.25, 0.3) is 0 Å². The monoisotopic (exact) mass is 312 g/mol. The fourth-order valence-corrected chi connectivity index (χ4v) is 2.45. The lowest BCUT2D eigenvalue weighted by Crippen LogP contribution is -2.14. The highest BCUT2D eigenvalue weighted by atomic mass is 16.5. The van der Waals surface area contributed by atoms with Crippen LogP contribution in [-0.4, -0.2) is 18.9 Å². The topological polar surface area (TPSA) is 67.4 Å². The van der Waals surface area contributed by atoms with Gasteiger partial charge in [-0.3, -0.25) is 9.59 Å². The Morgan fingerprint density at radius 2 is 1.78 bits per heavy atom. The number of anilines is 2. The lowest BCUT2D eigenvalue weighted by molar-refractivity contribution is -0.114. The minimum absolute atomic E-state index is 0.182. The maximum absolute atomic E-state index is 12.5. The zero-order chi connectivity index (χ0) is 17.0. The summed E-state index contributed by atoms with van der Waals surface area (Å²) in [6.07, 6.45) is 0. The molecule has 0 aliphatic carbocycles. The molecule has 0 radical (unpaired) electrons. The molecule has 0 saturated heterocycles. The molecule has 0 aliphatic rings. The van der Waals surface area contributed by atoms with Crippen molar-refractivity contribution in [1.29, 1.82) is 0 Å². The number of nitrogens with one attached hydrogen (secondary N) is 2. The zero-order valence-corrected chi connectivity index (χ0v) is 13.7. The predicted octanol–water partition coefficient (Wildman–Crippen LogP) is 3.52. The Bertz CT molecular complexity index is 754. The first kappa shape index (κ1) is 16.5. The second kappa shape index (κ2) is 6.96. The lowest BCUT2D eigenvalue weighted by Gasteiger charge is -2.14. The van der Waals surface area contributed by atoms with Crippen LogP contribution in [0.15, 0.2) is 36.4 Å². The smallest absolute Gasteiger partial charge is 0.255 e. The van der Waals surface area contributed by atoms with Crippen molar-refractivity contribution in [1.82, 2.24) is 0 Å². The van der Waals surface area contributed by atoms with Gasteiger partial charge in [0.05, 0.1) is 12.8 Å². The summed E-state index contributed by atoms with van der Waals surface area (Å²) in [5.41, 5.74) is 3.65. The molecule has 2 amide bonds. The minimum atomic E-state index is -0.263. The molecule has 120 valence electrons.